The molecule has 0 spiro atoms. The van der Waals surface area contributed by atoms with E-state index >= 15 is 0 Å². The highest BCUT2D eigenvalue weighted by atomic mass is 16.6. The van der Waals surface area contributed by atoms with Crippen molar-refractivity contribution < 1.29 is 38.2 Å². The Kier molecular flexibility index (Phi) is 20.1. The van der Waals surface area contributed by atoms with Crippen molar-refractivity contribution in [1.82, 2.24) is 31.3 Å². The zero-order valence-corrected chi connectivity index (χ0v) is 35.9. The van der Waals surface area contributed by atoms with Gasteiger partial charge in [-0.25, -0.2) is 9.80 Å². The molecule has 58 heavy (non-hydrogen) atoms. The van der Waals surface area contributed by atoms with E-state index in [1.54, 1.807) is 25.8 Å². The molecule has 0 saturated carbocycles. The van der Waals surface area contributed by atoms with Gasteiger partial charge in [0.25, 0.3) is 0 Å². The molecule has 1 saturated heterocycles. The molecular weight excluding hydrogens is 741 g/mol. The number of hydrogen-bond donors (Lipinski definition) is 4. The molecular formula is C44H68N6O8. The Morgan fingerprint density at radius 3 is 2.02 bits per heavy atom. The SMILES string of the molecule is CCCCN(CC(OC(=O)C(C)(C)C)C(Cc1ccccc1)NC(=O)[C@@H](NC(=O)OCc1ccccc1)C(C)C)NC(=O)C(C(=O)NCCN1CCOCC1)C(C)C. The summed E-state index contributed by atoms with van der Waals surface area (Å²) in [6.07, 6.45) is 0.0596. The monoisotopic (exact) mass is 809 g/mol. The molecule has 3 rings (SSSR count). The lowest BCUT2D eigenvalue weighted by molar-refractivity contribution is -0.162. The van der Waals surface area contributed by atoms with Crippen LogP contribution in [0.15, 0.2) is 60.7 Å². The highest BCUT2D eigenvalue weighted by Gasteiger charge is 2.37. The number of carbonyl (C=O) groups excluding carboxylic acids is 5. The number of benzene rings is 2. The average molecular weight is 809 g/mol. The normalized spacial score (nSPS) is 15.6. The van der Waals surface area contributed by atoms with E-state index in [1.807, 2.05) is 95.3 Å². The number of morpholine rings is 1. The highest BCUT2D eigenvalue weighted by Crippen LogP contribution is 2.21. The summed E-state index contributed by atoms with van der Waals surface area (Å²) >= 11 is 0. The average Bonchev–Trinajstić information content (AvgIpc) is 3.18. The van der Waals surface area contributed by atoms with Gasteiger partial charge in [0.1, 0.15) is 24.7 Å². The Morgan fingerprint density at radius 2 is 1.45 bits per heavy atom. The predicted octanol–water partition coefficient (Wildman–Crippen LogP) is 4.48. The molecule has 2 aromatic carbocycles. The molecule has 14 nitrogen and oxygen atoms in total. The van der Waals surface area contributed by atoms with Gasteiger partial charge in [-0.1, -0.05) is 102 Å². The van der Waals surface area contributed by atoms with Crippen LogP contribution in [0.5, 0.6) is 0 Å². The topological polar surface area (TPSA) is 168 Å². The number of amides is 4. The Bertz CT molecular complexity index is 1560. The van der Waals surface area contributed by atoms with Gasteiger partial charge in [-0.3, -0.25) is 29.5 Å². The van der Waals surface area contributed by atoms with Crippen LogP contribution in [-0.2, 0) is 46.4 Å². The van der Waals surface area contributed by atoms with Gasteiger partial charge in [0.2, 0.25) is 17.7 Å². The van der Waals surface area contributed by atoms with Crippen LogP contribution in [0, 0.1) is 23.2 Å². The minimum atomic E-state index is -0.983. The van der Waals surface area contributed by atoms with Crippen molar-refractivity contribution in [3.05, 3.63) is 71.8 Å². The number of nitrogens with one attached hydrogen (secondary N) is 4. The number of alkyl carbamates (subject to hydrolysis) is 1. The number of hydrazine groups is 1. The molecule has 1 aliphatic heterocycles. The maximum absolute atomic E-state index is 14.2. The van der Waals surface area contributed by atoms with Crippen molar-refractivity contribution >= 4 is 29.8 Å². The number of carbonyl (C=O) groups is 5. The smallest absolute Gasteiger partial charge is 0.408 e. The third-order valence-electron chi connectivity index (χ3n) is 9.89. The van der Waals surface area contributed by atoms with Gasteiger partial charge in [0, 0.05) is 32.7 Å². The summed E-state index contributed by atoms with van der Waals surface area (Å²) in [6.45, 7) is 18.9. The van der Waals surface area contributed by atoms with Gasteiger partial charge in [-0.2, -0.15) is 0 Å². The molecule has 4 amide bonds. The van der Waals surface area contributed by atoms with Gasteiger partial charge in [0.15, 0.2) is 0 Å². The lowest BCUT2D eigenvalue weighted by Gasteiger charge is -2.36. The Morgan fingerprint density at radius 1 is 0.828 bits per heavy atom. The van der Waals surface area contributed by atoms with Gasteiger partial charge >= 0.3 is 12.1 Å². The van der Waals surface area contributed by atoms with Crippen LogP contribution >= 0.6 is 0 Å². The second-order valence-electron chi connectivity index (χ2n) is 16.7. The molecule has 2 aromatic rings. The fourth-order valence-electron chi connectivity index (χ4n) is 6.38. The minimum Gasteiger partial charge on any atom is -0.458 e. The number of unbranched alkanes of at least 4 members (excludes halogenated alkanes) is 1. The van der Waals surface area contributed by atoms with E-state index in [1.165, 1.54) is 0 Å². The first-order valence-electron chi connectivity index (χ1n) is 20.7. The van der Waals surface area contributed by atoms with E-state index in [0.29, 0.717) is 39.3 Å². The highest BCUT2D eigenvalue weighted by molar-refractivity contribution is 6.00. The van der Waals surface area contributed by atoms with Gasteiger partial charge in [-0.15, -0.1) is 0 Å². The van der Waals surface area contributed by atoms with E-state index in [-0.39, 0.29) is 37.3 Å². The Hall–Kier alpha value is -4.53. The molecule has 4 atom stereocenters. The first-order valence-corrected chi connectivity index (χ1v) is 20.7. The molecule has 3 unspecified atom stereocenters. The molecule has 1 fully saturated rings. The van der Waals surface area contributed by atoms with E-state index in [9.17, 15) is 24.0 Å². The minimum absolute atomic E-state index is 0.00764. The summed E-state index contributed by atoms with van der Waals surface area (Å²) in [7, 11) is 0. The summed E-state index contributed by atoms with van der Waals surface area (Å²) in [4.78, 5) is 70.5. The third-order valence-corrected chi connectivity index (χ3v) is 9.89. The third kappa shape index (κ3) is 16.8. The zero-order valence-electron chi connectivity index (χ0n) is 35.9. The van der Waals surface area contributed by atoms with Crippen LogP contribution in [0.3, 0.4) is 0 Å². The molecule has 0 radical (unpaired) electrons. The maximum atomic E-state index is 14.2. The van der Waals surface area contributed by atoms with Crippen molar-refractivity contribution in [3.63, 3.8) is 0 Å². The van der Waals surface area contributed by atoms with Crippen molar-refractivity contribution in [3.8, 4) is 0 Å². The van der Waals surface area contributed by atoms with E-state index in [4.69, 9.17) is 14.2 Å². The number of esters is 1. The standard InChI is InChI=1S/C44H68N6O8/c1-9-10-22-50(48-40(52)37(31(2)3)39(51)45-21-23-49-24-26-56-27-25-49)29-36(58-42(54)44(6,7)8)35(28-33-17-13-11-14-18-33)46-41(53)38(32(4)5)47-43(55)57-30-34-19-15-12-16-20-34/h11-20,31-32,35-38H,9-10,21-30H2,1-8H3,(H,45,51)(H,46,53)(H,47,55)(H,48,52)/t35?,36?,37?,38-/m0/s1. The summed E-state index contributed by atoms with van der Waals surface area (Å²) in [5.41, 5.74) is 3.78. The number of rotatable bonds is 22. The van der Waals surface area contributed by atoms with Crippen LogP contribution in [-0.4, -0.2) is 110 Å². The van der Waals surface area contributed by atoms with Crippen LogP contribution < -0.4 is 21.4 Å². The first kappa shape index (κ1) is 47.8. The lowest BCUT2D eigenvalue weighted by atomic mass is 9.94. The predicted molar refractivity (Wildman–Crippen MR) is 223 cm³/mol. The summed E-state index contributed by atoms with van der Waals surface area (Å²) in [5, 5.41) is 10.5. The van der Waals surface area contributed by atoms with Crippen LogP contribution in [0.2, 0.25) is 0 Å². The van der Waals surface area contributed by atoms with E-state index < -0.39 is 53.4 Å². The molecule has 322 valence electrons. The molecule has 1 heterocycles. The largest absolute Gasteiger partial charge is 0.458 e. The van der Waals surface area contributed by atoms with Crippen molar-refractivity contribution in [2.45, 2.75) is 99.4 Å². The molecule has 4 N–H and O–H groups in total. The molecule has 1 aliphatic rings. The summed E-state index contributed by atoms with van der Waals surface area (Å²) in [6, 6.07) is 17.0. The Balaban J connectivity index is 1.88. The lowest BCUT2D eigenvalue weighted by Crippen LogP contribution is -2.59. The van der Waals surface area contributed by atoms with Crippen LogP contribution in [0.25, 0.3) is 0 Å². The van der Waals surface area contributed by atoms with Gasteiger partial charge < -0.3 is 30.2 Å². The first-order chi connectivity index (χ1) is 27.6. The summed E-state index contributed by atoms with van der Waals surface area (Å²) in [5.74, 6) is -3.44. The fourth-order valence-corrected chi connectivity index (χ4v) is 6.38. The molecule has 0 aromatic heterocycles. The van der Waals surface area contributed by atoms with Crippen LogP contribution in [0.1, 0.15) is 79.4 Å². The fraction of sp³-hybridized carbons (Fsp3) is 0.614. The molecule has 0 bridgehead atoms. The number of hydrogen-bond acceptors (Lipinski definition) is 10. The van der Waals surface area contributed by atoms with E-state index in [0.717, 1.165) is 30.6 Å². The number of ether oxygens (including phenoxy) is 3. The van der Waals surface area contributed by atoms with Crippen molar-refractivity contribution in [1.29, 1.82) is 0 Å². The van der Waals surface area contributed by atoms with Crippen molar-refractivity contribution in [2.75, 3.05) is 52.5 Å². The summed E-state index contributed by atoms with van der Waals surface area (Å²) < 4.78 is 17.1. The van der Waals surface area contributed by atoms with Crippen molar-refractivity contribution in [2.24, 2.45) is 23.2 Å². The second-order valence-corrected chi connectivity index (χ2v) is 16.7. The Labute approximate surface area is 345 Å². The number of nitrogens with zero attached hydrogens (tertiary/aromatic N) is 2. The van der Waals surface area contributed by atoms with Gasteiger partial charge in [-0.05, 0) is 56.6 Å². The van der Waals surface area contributed by atoms with Gasteiger partial charge in [0.05, 0.1) is 31.2 Å². The molecule has 0 aliphatic carbocycles. The zero-order chi connectivity index (χ0) is 42.7. The molecule has 14 heteroatoms. The quantitative estimate of drug-likeness (QED) is 0.0757. The van der Waals surface area contributed by atoms with E-state index in [2.05, 4.69) is 26.3 Å². The van der Waals surface area contributed by atoms with Crippen LogP contribution in [0.4, 0.5) is 4.79 Å². The second kappa shape index (κ2) is 24.4. The maximum Gasteiger partial charge on any atom is 0.408 e.